The predicted molar refractivity (Wildman–Crippen MR) is 114 cm³/mol. The molecule has 2 N–H and O–H groups in total. The van der Waals surface area contributed by atoms with Gasteiger partial charge in [-0.3, -0.25) is 9.59 Å². The van der Waals surface area contributed by atoms with E-state index in [-0.39, 0.29) is 24.3 Å². The van der Waals surface area contributed by atoms with Crippen LogP contribution in [0.4, 0.5) is 5.69 Å². The molecule has 0 aliphatic heterocycles. The molecule has 0 bridgehead atoms. The maximum absolute atomic E-state index is 12.6. The third-order valence-electron chi connectivity index (χ3n) is 4.19. The van der Waals surface area contributed by atoms with Crippen molar-refractivity contribution in [2.24, 2.45) is 0 Å². The normalized spacial score (nSPS) is 11.5. The summed E-state index contributed by atoms with van der Waals surface area (Å²) >= 11 is 1.46. The molecule has 3 aromatic rings. The van der Waals surface area contributed by atoms with E-state index in [0.29, 0.717) is 5.16 Å². The lowest BCUT2D eigenvalue weighted by molar-refractivity contribution is -0.120. The largest absolute Gasteiger partial charge is 0.349 e. The first-order valence-corrected chi connectivity index (χ1v) is 10.0. The smallest absolute Gasteiger partial charge is 0.226 e. The van der Waals surface area contributed by atoms with E-state index in [0.717, 1.165) is 21.7 Å². The second kappa shape index (κ2) is 9.84. The first-order chi connectivity index (χ1) is 14.0. The van der Waals surface area contributed by atoms with Crippen LogP contribution < -0.4 is 10.6 Å². The molecular formula is C22H22N4O2S. The van der Waals surface area contributed by atoms with Gasteiger partial charge in [-0.05, 0) is 54.1 Å². The molecule has 7 heteroatoms. The van der Waals surface area contributed by atoms with Crippen LogP contribution in [0.2, 0.25) is 0 Å². The van der Waals surface area contributed by atoms with Gasteiger partial charge in [-0.25, -0.2) is 9.97 Å². The van der Waals surface area contributed by atoms with Gasteiger partial charge in [0.25, 0.3) is 0 Å². The summed E-state index contributed by atoms with van der Waals surface area (Å²) in [7, 11) is 0. The Morgan fingerprint density at radius 3 is 2.41 bits per heavy atom. The van der Waals surface area contributed by atoms with Gasteiger partial charge in [-0.15, -0.1) is 0 Å². The van der Waals surface area contributed by atoms with Crippen LogP contribution in [0, 0.1) is 6.92 Å². The van der Waals surface area contributed by atoms with Gasteiger partial charge in [-0.1, -0.05) is 30.3 Å². The first kappa shape index (κ1) is 20.5. The zero-order valence-corrected chi connectivity index (χ0v) is 17.1. The molecule has 0 spiro atoms. The van der Waals surface area contributed by atoms with E-state index in [1.165, 1.54) is 18.7 Å². The Labute approximate surface area is 174 Å². The Hall–Kier alpha value is -3.19. The van der Waals surface area contributed by atoms with E-state index in [2.05, 4.69) is 20.6 Å². The van der Waals surface area contributed by atoms with Crippen molar-refractivity contribution < 1.29 is 9.59 Å². The molecule has 6 nitrogen and oxygen atoms in total. The van der Waals surface area contributed by atoms with E-state index in [9.17, 15) is 9.59 Å². The summed E-state index contributed by atoms with van der Waals surface area (Å²) in [4.78, 5) is 33.6. The molecular weight excluding hydrogens is 384 g/mol. The summed E-state index contributed by atoms with van der Waals surface area (Å²) in [6.07, 6.45) is 3.56. The summed E-state index contributed by atoms with van der Waals surface area (Å²) < 4.78 is 0. The summed E-state index contributed by atoms with van der Waals surface area (Å²) in [6.45, 7) is 3.39. The van der Waals surface area contributed by atoms with Gasteiger partial charge in [0.15, 0.2) is 5.16 Å². The van der Waals surface area contributed by atoms with Crippen LogP contribution in [0.3, 0.4) is 0 Å². The second-order valence-electron chi connectivity index (χ2n) is 6.53. The molecule has 29 heavy (non-hydrogen) atoms. The zero-order chi connectivity index (χ0) is 20.6. The van der Waals surface area contributed by atoms with Gasteiger partial charge in [0.2, 0.25) is 11.8 Å². The van der Waals surface area contributed by atoms with Gasteiger partial charge >= 0.3 is 0 Å². The fourth-order valence-electron chi connectivity index (χ4n) is 2.85. The Balaban J connectivity index is 1.66. The second-order valence-corrected chi connectivity index (χ2v) is 7.57. The predicted octanol–water partition coefficient (Wildman–Crippen LogP) is 4.14. The van der Waals surface area contributed by atoms with Crippen molar-refractivity contribution in [3.63, 3.8) is 0 Å². The number of anilines is 1. The number of hydrogen-bond acceptors (Lipinski definition) is 5. The van der Waals surface area contributed by atoms with E-state index >= 15 is 0 Å². The van der Waals surface area contributed by atoms with E-state index in [1.54, 1.807) is 18.5 Å². The Kier molecular flexibility index (Phi) is 6.97. The average molecular weight is 407 g/mol. The summed E-state index contributed by atoms with van der Waals surface area (Å²) in [5, 5.41) is 6.46. The van der Waals surface area contributed by atoms with Crippen molar-refractivity contribution >= 4 is 29.3 Å². The third-order valence-corrected chi connectivity index (χ3v) is 5.08. The van der Waals surface area contributed by atoms with E-state index < -0.39 is 0 Å². The number of amides is 2. The highest BCUT2D eigenvalue weighted by molar-refractivity contribution is 7.99. The highest BCUT2D eigenvalue weighted by Gasteiger charge is 2.17. The molecule has 0 radical (unpaired) electrons. The summed E-state index contributed by atoms with van der Waals surface area (Å²) in [5.41, 5.74) is 2.57. The van der Waals surface area contributed by atoms with E-state index in [1.807, 2.05) is 55.5 Å². The lowest BCUT2D eigenvalue weighted by atomic mass is 10.0. The van der Waals surface area contributed by atoms with Crippen molar-refractivity contribution in [3.8, 4) is 0 Å². The molecule has 2 aromatic carbocycles. The Morgan fingerprint density at radius 1 is 1.03 bits per heavy atom. The van der Waals surface area contributed by atoms with Crippen LogP contribution in [0.25, 0.3) is 0 Å². The van der Waals surface area contributed by atoms with Crippen LogP contribution in [-0.4, -0.2) is 21.8 Å². The van der Waals surface area contributed by atoms with Crippen molar-refractivity contribution in [2.45, 2.75) is 36.4 Å². The number of carbonyl (C=O) groups is 2. The van der Waals surface area contributed by atoms with Crippen molar-refractivity contribution in [1.29, 1.82) is 0 Å². The molecule has 0 fully saturated rings. The molecule has 1 aromatic heterocycles. The number of nitrogens with zero attached hydrogens (tertiary/aromatic N) is 2. The quantitative estimate of drug-likeness (QED) is 0.576. The number of nitrogens with one attached hydrogen (secondary N) is 2. The molecule has 148 valence electrons. The Morgan fingerprint density at radius 2 is 1.76 bits per heavy atom. The lowest BCUT2D eigenvalue weighted by Crippen LogP contribution is -2.29. The number of benzene rings is 2. The molecule has 0 aliphatic rings. The minimum Gasteiger partial charge on any atom is -0.349 e. The van der Waals surface area contributed by atoms with Crippen LogP contribution in [0.5, 0.6) is 0 Å². The van der Waals surface area contributed by atoms with Crippen LogP contribution in [0.15, 0.2) is 77.0 Å². The van der Waals surface area contributed by atoms with E-state index in [4.69, 9.17) is 0 Å². The lowest BCUT2D eigenvalue weighted by Gasteiger charge is -2.18. The fraction of sp³-hybridized carbons (Fsp3) is 0.182. The zero-order valence-electron chi connectivity index (χ0n) is 16.3. The van der Waals surface area contributed by atoms with Gasteiger partial charge in [0.1, 0.15) is 0 Å². The Bertz CT molecular complexity index is 981. The molecule has 3 rings (SSSR count). The van der Waals surface area contributed by atoms with Gasteiger partial charge < -0.3 is 10.6 Å². The number of hydrogen-bond donors (Lipinski definition) is 2. The van der Waals surface area contributed by atoms with Gasteiger partial charge in [-0.2, -0.15) is 0 Å². The maximum atomic E-state index is 12.6. The number of rotatable bonds is 7. The van der Waals surface area contributed by atoms with Crippen molar-refractivity contribution in [1.82, 2.24) is 15.3 Å². The summed E-state index contributed by atoms with van der Waals surface area (Å²) in [5.74, 6) is -0.338. The number of aryl methyl sites for hydroxylation is 1. The summed E-state index contributed by atoms with van der Waals surface area (Å²) in [6, 6.07) is 16.7. The third kappa shape index (κ3) is 6.15. The minimum absolute atomic E-state index is 0.150. The molecule has 0 saturated heterocycles. The molecule has 1 heterocycles. The molecule has 1 atom stereocenters. The maximum Gasteiger partial charge on any atom is 0.226 e. The fourth-order valence-corrected chi connectivity index (χ4v) is 3.66. The van der Waals surface area contributed by atoms with Crippen molar-refractivity contribution in [3.05, 3.63) is 78.1 Å². The molecule has 0 saturated carbocycles. The van der Waals surface area contributed by atoms with Crippen LogP contribution >= 0.6 is 11.8 Å². The standard InChI is InChI=1S/C22H22N4O2S/c1-15-13-18(29-22-23-11-6-12-24-22)9-10-19(15)26-21(28)14-20(25-16(2)27)17-7-4-3-5-8-17/h3-13,20H,14H2,1-2H3,(H,25,27)(H,26,28). The van der Waals surface area contributed by atoms with Crippen LogP contribution in [-0.2, 0) is 9.59 Å². The highest BCUT2D eigenvalue weighted by atomic mass is 32.2. The molecule has 0 aliphatic carbocycles. The van der Waals surface area contributed by atoms with Gasteiger partial charge in [0.05, 0.1) is 12.5 Å². The highest BCUT2D eigenvalue weighted by Crippen LogP contribution is 2.28. The van der Waals surface area contributed by atoms with Gasteiger partial charge in [0, 0.05) is 29.9 Å². The van der Waals surface area contributed by atoms with Crippen LogP contribution in [0.1, 0.15) is 30.5 Å². The van der Waals surface area contributed by atoms with Crippen molar-refractivity contribution in [2.75, 3.05) is 5.32 Å². The SMILES string of the molecule is CC(=O)NC(CC(=O)Nc1ccc(Sc2ncccn2)cc1C)c1ccccc1. The number of carbonyl (C=O) groups excluding carboxylic acids is 2. The molecule has 1 unspecified atom stereocenters. The minimum atomic E-state index is -0.376. The molecule has 2 amide bonds. The topological polar surface area (TPSA) is 84.0 Å². The number of aromatic nitrogens is 2. The average Bonchev–Trinajstić information content (AvgIpc) is 2.71. The monoisotopic (exact) mass is 406 g/mol. The first-order valence-electron chi connectivity index (χ1n) is 9.18.